The second-order valence-electron chi connectivity index (χ2n) is 4.47. The van der Waals surface area contributed by atoms with Crippen LogP contribution < -0.4 is 11.1 Å². The second kappa shape index (κ2) is 6.93. The summed E-state index contributed by atoms with van der Waals surface area (Å²) in [6, 6.07) is 7.37. The van der Waals surface area contributed by atoms with Gasteiger partial charge in [0, 0.05) is 17.7 Å². The molecule has 4 heteroatoms. The van der Waals surface area contributed by atoms with Gasteiger partial charge in [0.05, 0.1) is 19.2 Å². The predicted octanol–water partition coefficient (Wildman–Crippen LogP) is 0.906. The summed E-state index contributed by atoms with van der Waals surface area (Å²) in [6.07, 6.45) is 1.96. The summed E-state index contributed by atoms with van der Waals surface area (Å²) in [4.78, 5) is 12.1. The average molecular weight is 258 g/mol. The van der Waals surface area contributed by atoms with Gasteiger partial charge in [-0.1, -0.05) is 17.9 Å². The minimum absolute atomic E-state index is 0.0769. The molecular weight excluding hydrogens is 240 g/mol. The largest absolute Gasteiger partial charge is 0.379 e. The molecule has 1 aliphatic heterocycles. The fourth-order valence-corrected chi connectivity index (χ4v) is 2.01. The lowest BCUT2D eigenvalue weighted by atomic mass is 10.1. The third-order valence-corrected chi connectivity index (χ3v) is 2.96. The second-order valence-corrected chi connectivity index (χ2v) is 4.47. The molecule has 1 saturated heterocycles. The van der Waals surface area contributed by atoms with Crippen molar-refractivity contribution in [3.8, 4) is 11.8 Å². The Balaban J connectivity index is 2.01. The molecule has 1 atom stereocenters. The molecule has 4 nitrogen and oxygen atoms in total. The molecule has 0 saturated carbocycles. The van der Waals surface area contributed by atoms with Crippen molar-refractivity contribution in [2.45, 2.75) is 18.9 Å². The number of amides is 1. The Morgan fingerprint density at radius 1 is 1.53 bits per heavy atom. The molecule has 1 unspecified atom stereocenters. The van der Waals surface area contributed by atoms with Crippen molar-refractivity contribution < 1.29 is 9.53 Å². The highest BCUT2D eigenvalue weighted by Crippen LogP contribution is 2.09. The Hall–Kier alpha value is -1.83. The third-order valence-electron chi connectivity index (χ3n) is 2.96. The first-order chi connectivity index (χ1) is 9.29. The number of hydrogen-bond donors (Lipinski definition) is 2. The lowest BCUT2D eigenvalue weighted by Crippen LogP contribution is -2.40. The number of carbonyl (C=O) groups is 1. The number of nitrogens with one attached hydrogen (secondary N) is 1. The summed E-state index contributed by atoms with van der Waals surface area (Å²) >= 11 is 0. The Morgan fingerprint density at radius 3 is 3.16 bits per heavy atom. The Kier molecular flexibility index (Phi) is 4.96. The highest BCUT2D eigenvalue weighted by molar-refractivity contribution is 5.94. The van der Waals surface area contributed by atoms with Gasteiger partial charge < -0.3 is 15.8 Å². The molecule has 3 N–H and O–H groups in total. The molecule has 1 fully saturated rings. The smallest absolute Gasteiger partial charge is 0.251 e. The maximum atomic E-state index is 12.1. The van der Waals surface area contributed by atoms with Crippen molar-refractivity contribution in [3.63, 3.8) is 0 Å². The van der Waals surface area contributed by atoms with Crippen molar-refractivity contribution in [1.82, 2.24) is 5.32 Å². The van der Waals surface area contributed by atoms with Crippen LogP contribution in [0.1, 0.15) is 28.8 Å². The SMILES string of the molecule is NCC#Cc1cccc(C(=O)NC2CCCOC2)c1. The zero-order chi connectivity index (χ0) is 13.5. The van der Waals surface area contributed by atoms with E-state index in [1.54, 1.807) is 12.1 Å². The van der Waals surface area contributed by atoms with Crippen LogP contribution in [0.2, 0.25) is 0 Å². The molecule has 1 aromatic carbocycles. The van der Waals surface area contributed by atoms with Crippen molar-refractivity contribution in [2.75, 3.05) is 19.8 Å². The highest BCUT2D eigenvalue weighted by atomic mass is 16.5. The van der Waals surface area contributed by atoms with Gasteiger partial charge >= 0.3 is 0 Å². The number of benzene rings is 1. The van der Waals surface area contributed by atoms with Crippen LogP contribution in [0.15, 0.2) is 24.3 Å². The first-order valence-electron chi connectivity index (χ1n) is 6.47. The van der Waals surface area contributed by atoms with Crippen LogP contribution in [0.5, 0.6) is 0 Å². The zero-order valence-corrected chi connectivity index (χ0v) is 10.8. The maximum absolute atomic E-state index is 12.1. The molecule has 100 valence electrons. The topological polar surface area (TPSA) is 64.4 Å². The molecule has 0 spiro atoms. The van der Waals surface area contributed by atoms with Crippen LogP contribution in [-0.2, 0) is 4.74 Å². The van der Waals surface area contributed by atoms with Gasteiger partial charge in [-0.25, -0.2) is 0 Å². The number of carbonyl (C=O) groups excluding carboxylic acids is 1. The molecule has 0 aliphatic carbocycles. The monoisotopic (exact) mass is 258 g/mol. The van der Waals surface area contributed by atoms with Gasteiger partial charge in [-0.05, 0) is 31.0 Å². The van der Waals surface area contributed by atoms with E-state index in [0.29, 0.717) is 18.7 Å². The number of hydrogen-bond acceptors (Lipinski definition) is 3. The Bertz CT molecular complexity index is 496. The summed E-state index contributed by atoms with van der Waals surface area (Å²) in [7, 11) is 0. The van der Waals surface area contributed by atoms with Crippen LogP contribution in [0.25, 0.3) is 0 Å². The van der Waals surface area contributed by atoms with Gasteiger partial charge in [-0.3, -0.25) is 4.79 Å². The molecule has 0 aromatic heterocycles. The van der Waals surface area contributed by atoms with Gasteiger partial charge in [0.1, 0.15) is 0 Å². The zero-order valence-electron chi connectivity index (χ0n) is 10.8. The van der Waals surface area contributed by atoms with Crippen LogP contribution in [0.3, 0.4) is 0 Å². The van der Waals surface area contributed by atoms with E-state index in [1.807, 2.05) is 12.1 Å². The highest BCUT2D eigenvalue weighted by Gasteiger charge is 2.16. The average Bonchev–Trinajstić information content (AvgIpc) is 2.46. The van der Waals surface area contributed by atoms with Crippen LogP contribution in [0.4, 0.5) is 0 Å². The maximum Gasteiger partial charge on any atom is 0.251 e. The summed E-state index contributed by atoms with van der Waals surface area (Å²) in [5.74, 6) is 5.62. The molecule has 1 heterocycles. The van der Waals surface area contributed by atoms with E-state index in [1.165, 1.54) is 0 Å². The molecule has 0 bridgehead atoms. The van der Waals surface area contributed by atoms with Crippen LogP contribution in [0, 0.1) is 11.8 Å². The Labute approximate surface area is 113 Å². The third kappa shape index (κ3) is 4.09. The van der Waals surface area contributed by atoms with Crippen molar-refractivity contribution in [3.05, 3.63) is 35.4 Å². The number of nitrogens with two attached hydrogens (primary N) is 1. The standard InChI is InChI=1S/C15H18N2O2/c16-8-2-5-12-4-1-6-13(10-12)15(18)17-14-7-3-9-19-11-14/h1,4,6,10,14H,3,7-9,11,16H2,(H,17,18). The number of rotatable bonds is 2. The lowest BCUT2D eigenvalue weighted by molar-refractivity contribution is 0.0624. The van der Waals surface area contributed by atoms with Gasteiger partial charge in [0.2, 0.25) is 0 Å². The molecule has 1 aromatic rings. The summed E-state index contributed by atoms with van der Waals surface area (Å²) in [6.45, 7) is 1.70. The Morgan fingerprint density at radius 2 is 2.42 bits per heavy atom. The van der Waals surface area contributed by atoms with E-state index >= 15 is 0 Å². The summed E-state index contributed by atoms with van der Waals surface area (Å²) in [5, 5.41) is 2.98. The van der Waals surface area contributed by atoms with Gasteiger partial charge in [-0.15, -0.1) is 0 Å². The lowest BCUT2D eigenvalue weighted by Gasteiger charge is -2.23. The molecule has 0 radical (unpaired) electrons. The van der Waals surface area contributed by atoms with E-state index in [0.717, 1.165) is 25.0 Å². The fraction of sp³-hybridized carbons (Fsp3) is 0.400. The fourth-order valence-electron chi connectivity index (χ4n) is 2.01. The molecule has 1 aliphatic rings. The molecule has 19 heavy (non-hydrogen) atoms. The quantitative estimate of drug-likeness (QED) is 0.775. The molecular formula is C15H18N2O2. The predicted molar refractivity (Wildman–Crippen MR) is 73.7 cm³/mol. The van der Waals surface area contributed by atoms with E-state index < -0.39 is 0 Å². The molecule has 2 rings (SSSR count). The van der Waals surface area contributed by atoms with Gasteiger partial charge in [0.15, 0.2) is 0 Å². The first kappa shape index (κ1) is 13.6. The van der Waals surface area contributed by atoms with Crippen molar-refractivity contribution >= 4 is 5.91 Å². The number of ether oxygens (including phenoxy) is 1. The van der Waals surface area contributed by atoms with Crippen LogP contribution in [-0.4, -0.2) is 31.7 Å². The summed E-state index contributed by atoms with van der Waals surface area (Å²) in [5.41, 5.74) is 6.75. The van der Waals surface area contributed by atoms with Crippen molar-refractivity contribution in [2.24, 2.45) is 5.73 Å². The van der Waals surface area contributed by atoms with Crippen LogP contribution >= 0.6 is 0 Å². The first-order valence-corrected chi connectivity index (χ1v) is 6.47. The molecule has 1 amide bonds. The minimum Gasteiger partial charge on any atom is -0.379 e. The summed E-state index contributed by atoms with van der Waals surface area (Å²) < 4.78 is 5.34. The van der Waals surface area contributed by atoms with E-state index in [2.05, 4.69) is 17.2 Å². The van der Waals surface area contributed by atoms with E-state index in [9.17, 15) is 4.79 Å². The van der Waals surface area contributed by atoms with Gasteiger partial charge in [0.25, 0.3) is 5.91 Å². The van der Waals surface area contributed by atoms with Gasteiger partial charge in [-0.2, -0.15) is 0 Å². The van der Waals surface area contributed by atoms with E-state index in [-0.39, 0.29) is 11.9 Å². The van der Waals surface area contributed by atoms with Crippen molar-refractivity contribution in [1.29, 1.82) is 0 Å². The van der Waals surface area contributed by atoms with E-state index in [4.69, 9.17) is 10.5 Å². The normalized spacial score (nSPS) is 18.3. The minimum atomic E-state index is -0.0769.